The van der Waals surface area contributed by atoms with E-state index in [1.54, 1.807) is 30.3 Å². The van der Waals surface area contributed by atoms with Gasteiger partial charge in [-0.2, -0.15) is 0 Å². The summed E-state index contributed by atoms with van der Waals surface area (Å²) < 4.78 is 0.848. The van der Waals surface area contributed by atoms with E-state index in [9.17, 15) is 14.4 Å². The number of anilines is 4. The van der Waals surface area contributed by atoms with Crippen LogP contribution in [-0.4, -0.2) is 17.6 Å². The van der Waals surface area contributed by atoms with Gasteiger partial charge in [0.1, 0.15) is 6.42 Å². The first-order valence-electron chi connectivity index (χ1n) is 9.84. The number of halogens is 1. The molecule has 0 fully saturated rings. The first kappa shape index (κ1) is 21.0. The molecule has 1 heterocycles. The smallest absolute Gasteiger partial charge is 0.241 e. The molecule has 3 aromatic rings. The second kappa shape index (κ2) is 8.50. The number of ketones is 1. The Balaban J connectivity index is 1.80. The Morgan fingerprint density at radius 2 is 1.84 bits per heavy atom. The minimum atomic E-state index is -0.382. The van der Waals surface area contributed by atoms with E-state index in [2.05, 4.69) is 27.9 Å². The second-order valence-electron chi connectivity index (χ2n) is 7.20. The van der Waals surface area contributed by atoms with Crippen LogP contribution in [0.25, 0.3) is 0 Å². The van der Waals surface area contributed by atoms with Crippen molar-refractivity contribution in [3.63, 3.8) is 0 Å². The number of hydrogen-bond donors (Lipinski definition) is 2. The van der Waals surface area contributed by atoms with Crippen molar-refractivity contribution < 1.29 is 14.4 Å². The molecule has 0 saturated carbocycles. The van der Waals surface area contributed by atoms with Crippen LogP contribution in [0.5, 0.6) is 0 Å². The molecule has 2 amide bonds. The number of carbonyl (C=O) groups excluding carboxylic acids is 3. The lowest BCUT2D eigenvalue weighted by atomic mass is 10.0. The van der Waals surface area contributed by atoms with Crippen LogP contribution in [0, 0.1) is 3.57 Å². The van der Waals surface area contributed by atoms with Gasteiger partial charge in [-0.25, -0.2) is 0 Å². The van der Waals surface area contributed by atoms with Crippen molar-refractivity contribution in [2.45, 2.75) is 19.8 Å². The van der Waals surface area contributed by atoms with Crippen molar-refractivity contribution in [3.05, 3.63) is 80.9 Å². The van der Waals surface area contributed by atoms with Crippen LogP contribution in [-0.2, 0) is 16.0 Å². The molecular formula is C24H20IN3O3. The van der Waals surface area contributed by atoms with Crippen LogP contribution < -0.4 is 16.0 Å². The van der Waals surface area contributed by atoms with Crippen LogP contribution >= 0.6 is 22.6 Å². The molecular weight excluding hydrogens is 505 g/mol. The highest BCUT2D eigenvalue weighted by Gasteiger charge is 2.30. The highest BCUT2D eigenvalue weighted by molar-refractivity contribution is 14.1. The summed E-state index contributed by atoms with van der Waals surface area (Å²) in [6, 6.07) is 17.8. The van der Waals surface area contributed by atoms with Crippen molar-refractivity contribution in [1.29, 1.82) is 0 Å². The molecule has 0 unspecified atom stereocenters. The Kier molecular flexibility index (Phi) is 5.77. The highest BCUT2D eigenvalue weighted by atomic mass is 127. The summed E-state index contributed by atoms with van der Waals surface area (Å²) in [7, 11) is 0. The predicted molar refractivity (Wildman–Crippen MR) is 130 cm³/mol. The third kappa shape index (κ3) is 3.93. The molecule has 0 saturated heterocycles. The van der Waals surface area contributed by atoms with Gasteiger partial charge < -0.3 is 11.1 Å². The number of nitrogen functional groups attached to an aromatic ring is 1. The van der Waals surface area contributed by atoms with E-state index in [1.807, 2.05) is 37.3 Å². The molecule has 156 valence electrons. The molecule has 3 aromatic carbocycles. The van der Waals surface area contributed by atoms with Crippen molar-refractivity contribution >= 4 is 62.9 Å². The summed E-state index contributed by atoms with van der Waals surface area (Å²) in [5.41, 5.74) is 10.2. The van der Waals surface area contributed by atoms with Gasteiger partial charge in [0.25, 0.3) is 0 Å². The lowest BCUT2D eigenvalue weighted by Gasteiger charge is -2.25. The van der Waals surface area contributed by atoms with Crippen molar-refractivity contribution in [2.24, 2.45) is 0 Å². The average molecular weight is 525 g/mol. The SMILES string of the molecule is CCc1cccc2c1NC(=O)CC(=O)N2c1ccc(C(=O)c2ccccc2I)cc1N. The molecule has 1 aliphatic heterocycles. The molecule has 0 bridgehead atoms. The lowest BCUT2D eigenvalue weighted by Crippen LogP contribution is -2.27. The molecule has 1 aliphatic rings. The van der Waals surface area contributed by atoms with Crippen LogP contribution in [0.15, 0.2) is 60.7 Å². The average Bonchev–Trinajstić information content (AvgIpc) is 2.88. The summed E-state index contributed by atoms with van der Waals surface area (Å²) in [4.78, 5) is 39.7. The van der Waals surface area contributed by atoms with Gasteiger partial charge in [0.2, 0.25) is 11.8 Å². The van der Waals surface area contributed by atoms with Gasteiger partial charge in [-0.15, -0.1) is 0 Å². The number of carbonyl (C=O) groups is 3. The van der Waals surface area contributed by atoms with Gasteiger partial charge >= 0.3 is 0 Å². The van der Waals surface area contributed by atoms with E-state index >= 15 is 0 Å². The highest BCUT2D eigenvalue weighted by Crippen LogP contribution is 2.40. The van der Waals surface area contributed by atoms with Crippen molar-refractivity contribution in [1.82, 2.24) is 0 Å². The Morgan fingerprint density at radius 1 is 1.06 bits per heavy atom. The molecule has 4 rings (SSSR count). The first-order valence-corrected chi connectivity index (χ1v) is 10.9. The first-order chi connectivity index (χ1) is 14.9. The van der Waals surface area contributed by atoms with Gasteiger partial charge in [-0.3, -0.25) is 19.3 Å². The van der Waals surface area contributed by atoms with E-state index in [0.717, 1.165) is 9.13 Å². The monoisotopic (exact) mass is 525 g/mol. The Bertz CT molecular complexity index is 1220. The van der Waals surface area contributed by atoms with Gasteiger partial charge in [0, 0.05) is 14.7 Å². The van der Waals surface area contributed by atoms with Crippen LogP contribution in [0.1, 0.15) is 34.8 Å². The normalized spacial score (nSPS) is 13.4. The Labute approximate surface area is 193 Å². The molecule has 6 nitrogen and oxygen atoms in total. The molecule has 7 heteroatoms. The number of aryl methyl sites for hydroxylation is 1. The molecule has 3 N–H and O–H groups in total. The lowest BCUT2D eigenvalue weighted by molar-refractivity contribution is -0.124. The van der Waals surface area contributed by atoms with E-state index < -0.39 is 0 Å². The fourth-order valence-electron chi connectivity index (χ4n) is 3.71. The fraction of sp³-hybridized carbons (Fsp3) is 0.125. The maximum Gasteiger partial charge on any atom is 0.241 e. The third-order valence-corrected chi connectivity index (χ3v) is 6.17. The number of fused-ring (bicyclic) bond motifs is 1. The number of nitrogens with two attached hydrogens (primary N) is 1. The number of hydrogen-bond acceptors (Lipinski definition) is 4. The Hall–Kier alpha value is -3.20. The molecule has 31 heavy (non-hydrogen) atoms. The van der Waals surface area contributed by atoms with Crippen LogP contribution in [0.4, 0.5) is 22.7 Å². The maximum absolute atomic E-state index is 13.0. The van der Waals surface area contributed by atoms with E-state index in [0.29, 0.717) is 34.6 Å². The summed E-state index contributed by atoms with van der Waals surface area (Å²) >= 11 is 2.12. The van der Waals surface area contributed by atoms with E-state index in [1.165, 1.54) is 4.90 Å². The zero-order valence-electron chi connectivity index (χ0n) is 16.8. The van der Waals surface area contributed by atoms with Crippen molar-refractivity contribution in [3.8, 4) is 0 Å². The quantitative estimate of drug-likeness (QED) is 0.224. The minimum Gasteiger partial charge on any atom is -0.397 e. The number of para-hydroxylation sites is 1. The third-order valence-electron chi connectivity index (χ3n) is 5.23. The van der Waals surface area contributed by atoms with Gasteiger partial charge in [-0.05, 0) is 71.0 Å². The number of amides is 2. The molecule has 0 atom stereocenters. The van der Waals surface area contributed by atoms with Gasteiger partial charge in [0.15, 0.2) is 5.78 Å². The maximum atomic E-state index is 13.0. The summed E-state index contributed by atoms with van der Waals surface area (Å²) in [6.07, 6.45) is 0.407. The summed E-state index contributed by atoms with van der Waals surface area (Å²) in [5.74, 6) is -0.887. The molecule has 0 aliphatic carbocycles. The fourth-order valence-corrected chi connectivity index (χ4v) is 4.34. The zero-order chi connectivity index (χ0) is 22.1. The minimum absolute atomic E-state index is 0.143. The summed E-state index contributed by atoms with van der Waals surface area (Å²) in [6.45, 7) is 1.98. The number of nitrogens with one attached hydrogen (secondary N) is 1. The topological polar surface area (TPSA) is 92.5 Å². The summed E-state index contributed by atoms with van der Waals surface area (Å²) in [5, 5.41) is 2.85. The largest absolute Gasteiger partial charge is 0.397 e. The van der Waals surface area contributed by atoms with Crippen LogP contribution in [0.3, 0.4) is 0 Å². The van der Waals surface area contributed by atoms with E-state index in [4.69, 9.17) is 5.73 Å². The van der Waals surface area contributed by atoms with E-state index in [-0.39, 0.29) is 29.7 Å². The van der Waals surface area contributed by atoms with Gasteiger partial charge in [0.05, 0.1) is 22.7 Å². The number of benzene rings is 3. The Morgan fingerprint density at radius 3 is 2.55 bits per heavy atom. The number of rotatable bonds is 4. The second-order valence-corrected chi connectivity index (χ2v) is 8.36. The molecule has 0 radical (unpaired) electrons. The zero-order valence-corrected chi connectivity index (χ0v) is 19.0. The van der Waals surface area contributed by atoms with Crippen molar-refractivity contribution in [2.75, 3.05) is 16.0 Å². The molecule has 0 spiro atoms. The predicted octanol–water partition coefficient (Wildman–Crippen LogP) is 4.67. The standard InChI is InChI=1S/C24H20IN3O3/c1-2-14-6-5-9-20-23(14)27-21(29)13-22(30)28(20)19-11-10-15(12-18(19)26)24(31)16-7-3-4-8-17(16)25/h3-12H,2,13,26H2,1H3,(H,27,29). The molecule has 0 aromatic heterocycles. The van der Waals surface area contributed by atoms with Gasteiger partial charge in [-0.1, -0.05) is 31.2 Å². The van der Waals surface area contributed by atoms with Crippen LogP contribution in [0.2, 0.25) is 0 Å². The number of nitrogens with zero attached hydrogens (tertiary/aromatic N) is 1.